The number of nitrogens with zero attached hydrogens (tertiary/aromatic N) is 1. The van der Waals surface area contributed by atoms with Gasteiger partial charge in [-0.3, -0.25) is 9.59 Å². The average molecular weight is 390 g/mol. The minimum atomic E-state index is -0.544. The van der Waals surface area contributed by atoms with Crippen molar-refractivity contribution in [2.24, 2.45) is 0 Å². The molecule has 0 atom stereocenters. The fraction of sp³-hybridized carbons (Fsp3) is 0.300. The van der Waals surface area contributed by atoms with E-state index in [9.17, 15) is 14.0 Å². The van der Waals surface area contributed by atoms with Gasteiger partial charge in [-0.15, -0.1) is 0 Å². The first-order chi connectivity index (χ1) is 13.0. The van der Waals surface area contributed by atoms with E-state index < -0.39 is 5.82 Å². The largest absolute Gasteiger partial charge is 0.375 e. The molecule has 3 rings (SSSR count). The number of nitrogens with one attached hydrogen (secondary N) is 2. The van der Waals surface area contributed by atoms with Gasteiger partial charge in [0.15, 0.2) is 0 Å². The van der Waals surface area contributed by atoms with Gasteiger partial charge in [0.05, 0.1) is 17.1 Å². The Morgan fingerprint density at radius 3 is 2.63 bits per heavy atom. The van der Waals surface area contributed by atoms with E-state index in [-0.39, 0.29) is 23.4 Å². The molecule has 27 heavy (non-hydrogen) atoms. The summed E-state index contributed by atoms with van der Waals surface area (Å²) < 4.78 is 13.2. The average Bonchev–Trinajstić information content (AvgIpc) is 3.17. The molecule has 0 aliphatic carbocycles. The zero-order valence-electron chi connectivity index (χ0n) is 15.0. The van der Waals surface area contributed by atoms with Crippen molar-refractivity contribution in [3.63, 3.8) is 0 Å². The van der Waals surface area contributed by atoms with E-state index in [1.165, 1.54) is 18.2 Å². The van der Waals surface area contributed by atoms with Crippen LogP contribution in [0.2, 0.25) is 5.02 Å². The maximum absolute atomic E-state index is 13.2. The molecule has 2 amide bonds. The van der Waals surface area contributed by atoms with E-state index in [1.807, 2.05) is 24.0 Å². The molecule has 0 saturated carbocycles. The molecule has 0 unspecified atom stereocenters. The van der Waals surface area contributed by atoms with Crippen LogP contribution in [0, 0.1) is 12.7 Å². The third-order valence-corrected chi connectivity index (χ3v) is 4.81. The molecular formula is C20H21ClFN3O2. The van der Waals surface area contributed by atoms with Gasteiger partial charge in [-0.05, 0) is 49.6 Å². The Morgan fingerprint density at radius 1 is 1.19 bits per heavy atom. The smallest absolute Gasteiger partial charge is 0.256 e. The fourth-order valence-electron chi connectivity index (χ4n) is 3.13. The number of amides is 2. The van der Waals surface area contributed by atoms with E-state index in [4.69, 9.17) is 11.6 Å². The number of hydrogen-bond donors (Lipinski definition) is 2. The first kappa shape index (κ1) is 19.2. The summed E-state index contributed by atoms with van der Waals surface area (Å²) in [6.07, 6.45) is 2.03. The summed E-state index contributed by atoms with van der Waals surface area (Å²) in [6.45, 7) is 3.38. The molecule has 7 heteroatoms. The van der Waals surface area contributed by atoms with Crippen LogP contribution in [0.4, 0.5) is 15.8 Å². The monoisotopic (exact) mass is 389 g/mol. The molecule has 0 radical (unpaired) electrons. The number of anilines is 2. The lowest BCUT2D eigenvalue weighted by atomic mass is 10.0. The van der Waals surface area contributed by atoms with Crippen molar-refractivity contribution in [2.45, 2.75) is 19.8 Å². The summed E-state index contributed by atoms with van der Waals surface area (Å²) in [7, 11) is 0. The predicted octanol–water partition coefficient (Wildman–Crippen LogP) is 4.07. The van der Waals surface area contributed by atoms with Crippen LogP contribution in [0.3, 0.4) is 0 Å². The minimum Gasteiger partial charge on any atom is -0.375 e. The fourth-order valence-corrected chi connectivity index (χ4v) is 3.31. The lowest BCUT2D eigenvalue weighted by Gasteiger charge is -2.20. The van der Waals surface area contributed by atoms with Gasteiger partial charge in [-0.25, -0.2) is 4.39 Å². The number of carbonyl (C=O) groups excluding carboxylic acids is 2. The number of rotatable bonds is 5. The molecule has 1 aliphatic rings. The van der Waals surface area contributed by atoms with E-state index in [0.717, 1.165) is 31.5 Å². The first-order valence-electron chi connectivity index (χ1n) is 8.83. The van der Waals surface area contributed by atoms with Gasteiger partial charge in [0.1, 0.15) is 5.82 Å². The zero-order chi connectivity index (χ0) is 19.4. The van der Waals surface area contributed by atoms with Crippen LogP contribution in [-0.2, 0) is 4.79 Å². The quantitative estimate of drug-likeness (QED) is 0.810. The molecule has 0 bridgehead atoms. The van der Waals surface area contributed by atoms with Crippen molar-refractivity contribution in [2.75, 3.05) is 30.3 Å². The highest BCUT2D eigenvalue weighted by molar-refractivity contribution is 6.31. The maximum atomic E-state index is 13.2. The maximum Gasteiger partial charge on any atom is 0.256 e. The summed E-state index contributed by atoms with van der Waals surface area (Å²) in [5, 5.41) is 5.63. The molecule has 1 heterocycles. The Kier molecular flexibility index (Phi) is 5.96. The molecule has 0 aromatic heterocycles. The van der Waals surface area contributed by atoms with Gasteiger partial charge in [-0.2, -0.15) is 0 Å². The molecule has 2 aromatic carbocycles. The molecule has 0 spiro atoms. The molecule has 1 fully saturated rings. The number of aryl methyl sites for hydroxylation is 1. The molecule has 2 N–H and O–H groups in total. The highest BCUT2D eigenvalue weighted by Gasteiger charge is 2.23. The van der Waals surface area contributed by atoms with Gasteiger partial charge in [0.25, 0.3) is 5.91 Å². The number of benzene rings is 2. The van der Waals surface area contributed by atoms with Crippen LogP contribution in [0.15, 0.2) is 36.4 Å². The molecule has 1 saturated heterocycles. The SMILES string of the molecule is Cc1cccc(NCC(=O)Nc2ccc(F)c(Cl)c2)c1C(=O)N1CCCC1. The summed E-state index contributed by atoms with van der Waals surface area (Å²) in [5.74, 6) is -0.879. The second-order valence-electron chi connectivity index (χ2n) is 6.53. The predicted molar refractivity (Wildman–Crippen MR) is 105 cm³/mol. The van der Waals surface area contributed by atoms with Crippen LogP contribution < -0.4 is 10.6 Å². The van der Waals surface area contributed by atoms with Gasteiger partial charge in [-0.1, -0.05) is 23.7 Å². The van der Waals surface area contributed by atoms with E-state index in [1.54, 1.807) is 6.07 Å². The molecular weight excluding hydrogens is 369 g/mol. The summed E-state index contributed by atoms with van der Waals surface area (Å²) in [5.41, 5.74) is 2.49. The third-order valence-electron chi connectivity index (χ3n) is 4.52. The number of halogens is 2. The number of likely N-dealkylation sites (tertiary alicyclic amines) is 1. The summed E-state index contributed by atoms with van der Waals surface area (Å²) in [4.78, 5) is 26.9. The van der Waals surface area contributed by atoms with Gasteiger partial charge < -0.3 is 15.5 Å². The Labute approximate surface area is 162 Å². The Bertz CT molecular complexity index is 866. The highest BCUT2D eigenvalue weighted by Crippen LogP contribution is 2.24. The van der Waals surface area contributed by atoms with Gasteiger partial charge in [0, 0.05) is 24.5 Å². The van der Waals surface area contributed by atoms with Crippen LogP contribution >= 0.6 is 11.6 Å². The van der Waals surface area contributed by atoms with Crippen molar-refractivity contribution >= 4 is 34.8 Å². The molecule has 1 aliphatic heterocycles. The molecule has 2 aromatic rings. The van der Waals surface area contributed by atoms with Gasteiger partial charge in [0.2, 0.25) is 5.91 Å². The van der Waals surface area contributed by atoms with E-state index in [2.05, 4.69) is 10.6 Å². The second-order valence-corrected chi connectivity index (χ2v) is 6.93. The zero-order valence-corrected chi connectivity index (χ0v) is 15.8. The van der Waals surface area contributed by atoms with Gasteiger partial charge >= 0.3 is 0 Å². The van der Waals surface area contributed by atoms with E-state index in [0.29, 0.717) is 16.9 Å². The molecule has 5 nitrogen and oxygen atoms in total. The van der Waals surface area contributed by atoms with Crippen molar-refractivity contribution in [3.8, 4) is 0 Å². The molecule has 142 valence electrons. The summed E-state index contributed by atoms with van der Waals surface area (Å²) >= 11 is 5.72. The lowest BCUT2D eigenvalue weighted by molar-refractivity contribution is -0.114. The first-order valence-corrected chi connectivity index (χ1v) is 9.21. The Hall–Kier alpha value is -2.60. The normalized spacial score (nSPS) is 13.5. The third kappa shape index (κ3) is 4.57. The Morgan fingerprint density at radius 2 is 1.93 bits per heavy atom. The number of carbonyl (C=O) groups is 2. The summed E-state index contributed by atoms with van der Waals surface area (Å²) in [6, 6.07) is 9.50. The van der Waals surface area contributed by atoms with Crippen LogP contribution in [-0.4, -0.2) is 36.3 Å². The second kappa shape index (κ2) is 8.39. The van der Waals surface area contributed by atoms with E-state index >= 15 is 0 Å². The van der Waals surface area contributed by atoms with Crippen molar-refractivity contribution < 1.29 is 14.0 Å². The van der Waals surface area contributed by atoms with Crippen LogP contribution in [0.25, 0.3) is 0 Å². The van der Waals surface area contributed by atoms with Crippen LogP contribution in [0.5, 0.6) is 0 Å². The van der Waals surface area contributed by atoms with Crippen LogP contribution in [0.1, 0.15) is 28.8 Å². The van der Waals surface area contributed by atoms with Crippen molar-refractivity contribution in [1.29, 1.82) is 0 Å². The lowest BCUT2D eigenvalue weighted by Crippen LogP contribution is -2.30. The number of hydrogen-bond acceptors (Lipinski definition) is 3. The standard InChI is InChI=1S/C20H21ClFN3O2/c1-13-5-4-6-17(19(13)20(27)25-9-2-3-10-25)23-12-18(26)24-14-7-8-16(22)15(21)11-14/h4-8,11,23H,2-3,9-10,12H2,1H3,(H,24,26). The highest BCUT2D eigenvalue weighted by atomic mass is 35.5. The Balaban J connectivity index is 1.68. The van der Waals surface area contributed by atoms with Crippen molar-refractivity contribution in [1.82, 2.24) is 4.90 Å². The van der Waals surface area contributed by atoms with Crippen molar-refractivity contribution in [3.05, 3.63) is 58.4 Å². The topological polar surface area (TPSA) is 61.4 Å². The minimum absolute atomic E-state index is 0.0150.